The number of hydrogen-bond donors (Lipinski definition) is 3. The second-order valence-electron chi connectivity index (χ2n) is 7.31. The molecule has 0 bridgehead atoms. The number of ether oxygens (including phenoxy) is 1. The highest BCUT2D eigenvalue weighted by atomic mass is 16.5. The molecule has 11 heteroatoms. The molecule has 31 heavy (non-hydrogen) atoms. The summed E-state index contributed by atoms with van der Waals surface area (Å²) in [6.45, 7) is 5.49. The molecule has 168 valence electrons. The van der Waals surface area contributed by atoms with Crippen LogP contribution in [0.1, 0.15) is 26.2 Å². The van der Waals surface area contributed by atoms with Crippen molar-refractivity contribution in [3.8, 4) is 11.3 Å². The molecule has 0 spiro atoms. The average Bonchev–Trinajstić information content (AvgIpc) is 2.76. The molecule has 1 saturated heterocycles. The van der Waals surface area contributed by atoms with Gasteiger partial charge in [-0.2, -0.15) is 0 Å². The van der Waals surface area contributed by atoms with E-state index in [4.69, 9.17) is 10.5 Å². The van der Waals surface area contributed by atoms with Crippen LogP contribution >= 0.6 is 0 Å². The van der Waals surface area contributed by atoms with Gasteiger partial charge in [-0.15, -0.1) is 0 Å². The Kier molecular flexibility index (Phi) is 7.76. The van der Waals surface area contributed by atoms with E-state index >= 15 is 0 Å². The lowest BCUT2D eigenvalue weighted by Gasteiger charge is -2.36. The molecule has 2 amide bonds. The molecule has 0 atom stereocenters. The first-order valence-electron chi connectivity index (χ1n) is 10.5. The van der Waals surface area contributed by atoms with Crippen LogP contribution in [0.25, 0.3) is 11.3 Å². The fraction of sp³-hybridized carbons (Fsp3) is 0.550. The summed E-state index contributed by atoms with van der Waals surface area (Å²) in [5.41, 5.74) is 6.41. The SMILES string of the molecule is CCN(C(=O)NC)C1CCC1.Nc1ncc(-c2cc(=O)[nH]c(N3CCOCC3)n2)cn1. The van der Waals surface area contributed by atoms with E-state index in [1.165, 1.54) is 25.3 Å². The maximum atomic E-state index is 11.8. The number of rotatable bonds is 4. The first kappa shape index (κ1) is 22.5. The van der Waals surface area contributed by atoms with Gasteiger partial charge < -0.3 is 25.6 Å². The summed E-state index contributed by atoms with van der Waals surface area (Å²) >= 11 is 0. The number of H-pyrrole nitrogens is 1. The van der Waals surface area contributed by atoms with Gasteiger partial charge in [0.25, 0.3) is 5.56 Å². The zero-order valence-corrected chi connectivity index (χ0v) is 18.0. The van der Waals surface area contributed by atoms with E-state index in [1.54, 1.807) is 19.4 Å². The van der Waals surface area contributed by atoms with E-state index in [2.05, 4.69) is 25.3 Å². The molecule has 1 aliphatic carbocycles. The Morgan fingerprint density at radius 2 is 2.00 bits per heavy atom. The number of urea groups is 1. The predicted octanol–water partition coefficient (Wildman–Crippen LogP) is 0.846. The molecule has 3 heterocycles. The van der Waals surface area contributed by atoms with Gasteiger partial charge in [0.1, 0.15) is 0 Å². The number of aromatic amines is 1. The van der Waals surface area contributed by atoms with Gasteiger partial charge in [0.15, 0.2) is 0 Å². The number of morpholine rings is 1. The zero-order valence-electron chi connectivity index (χ0n) is 18.0. The van der Waals surface area contributed by atoms with Crippen LogP contribution in [0.15, 0.2) is 23.3 Å². The first-order chi connectivity index (χ1) is 15.0. The Hall–Kier alpha value is -3.21. The molecule has 1 saturated carbocycles. The lowest BCUT2D eigenvalue weighted by Crippen LogP contribution is -2.47. The number of nitrogens with one attached hydrogen (secondary N) is 2. The third-order valence-electron chi connectivity index (χ3n) is 5.34. The summed E-state index contributed by atoms with van der Waals surface area (Å²) in [7, 11) is 1.68. The molecule has 4 N–H and O–H groups in total. The van der Waals surface area contributed by atoms with E-state index in [-0.39, 0.29) is 17.5 Å². The van der Waals surface area contributed by atoms with Crippen LogP contribution < -0.4 is 21.5 Å². The molecule has 0 unspecified atom stereocenters. The maximum Gasteiger partial charge on any atom is 0.317 e. The van der Waals surface area contributed by atoms with E-state index in [9.17, 15) is 9.59 Å². The molecular formula is C20H30N8O3. The largest absolute Gasteiger partial charge is 0.378 e. The quantitative estimate of drug-likeness (QED) is 0.648. The first-order valence-corrected chi connectivity index (χ1v) is 10.5. The number of anilines is 2. The van der Waals surface area contributed by atoms with Crippen molar-refractivity contribution in [1.29, 1.82) is 0 Å². The van der Waals surface area contributed by atoms with Crippen molar-refractivity contribution in [3.05, 3.63) is 28.8 Å². The van der Waals surface area contributed by atoms with Gasteiger partial charge in [-0.05, 0) is 26.2 Å². The second-order valence-corrected chi connectivity index (χ2v) is 7.31. The highest BCUT2D eigenvalue weighted by Gasteiger charge is 2.26. The highest BCUT2D eigenvalue weighted by Crippen LogP contribution is 2.24. The predicted molar refractivity (Wildman–Crippen MR) is 118 cm³/mol. The summed E-state index contributed by atoms with van der Waals surface area (Å²) in [6.07, 6.45) is 6.74. The summed E-state index contributed by atoms with van der Waals surface area (Å²) in [5.74, 6) is 0.722. The topological polar surface area (TPSA) is 142 Å². The van der Waals surface area contributed by atoms with Gasteiger partial charge in [-0.25, -0.2) is 19.7 Å². The van der Waals surface area contributed by atoms with Crippen LogP contribution in [0.3, 0.4) is 0 Å². The van der Waals surface area contributed by atoms with Crippen LogP contribution in [0.2, 0.25) is 0 Å². The monoisotopic (exact) mass is 430 g/mol. The fourth-order valence-electron chi connectivity index (χ4n) is 3.40. The standard InChI is InChI=1S/C12H14N6O2.C8H16N2O/c13-11-14-6-8(7-15-11)9-5-10(19)17-12(16-9)18-1-3-20-4-2-18;1-3-10(8(11)9-2)7-5-4-6-7/h5-7H,1-4H2,(H2,13,14,15)(H,16,17,19);7H,3-6H2,1-2H3,(H,9,11). The van der Waals surface area contributed by atoms with Gasteiger partial charge >= 0.3 is 6.03 Å². The smallest absolute Gasteiger partial charge is 0.317 e. The van der Waals surface area contributed by atoms with Gasteiger partial charge in [0.05, 0.1) is 18.9 Å². The molecule has 2 aromatic rings. The normalized spacial score (nSPS) is 16.0. The van der Waals surface area contributed by atoms with Crippen LogP contribution in [0.4, 0.5) is 16.7 Å². The van der Waals surface area contributed by atoms with Crippen molar-refractivity contribution in [2.75, 3.05) is 50.5 Å². The summed E-state index contributed by atoms with van der Waals surface area (Å²) in [5, 5.41) is 2.65. The van der Waals surface area contributed by atoms with Gasteiger partial charge in [0, 0.05) is 56.7 Å². The summed E-state index contributed by atoms with van der Waals surface area (Å²) < 4.78 is 5.28. The Labute approximate surface area is 181 Å². The Morgan fingerprint density at radius 1 is 1.32 bits per heavy atom. The van der Waals surface area contributed by atoms with Crippen LogP contribution in [-0.2, 0) is 4.74 Å². The maximum absolute atomic E-state index is 11.8. The second kappa shape index (κ2) is 10.7. The minimum Gasteiger partial charge on any atom is -0.378 e. The van der Waals surface area contributed by atoms with Crippen molar-refractivity contribution in [1.82, 2.24) is 30.2 Å². The van der Waals surface area contributed by atoms with Crippen molar-refractivity contribution in [2.24, 2.45) is 0 Å². The van der Waals surface area contributed by atoms with Crippen LogP contribution in [-0.4, -0.2) is 76.8 Å². The highest BCUT2D eigenvalue weighted by molar-refractivity contribution is 5.74. The van der Waals surface area contributed by atoms with Crippen molar-refractivity contribution in [3.63, 3.8) is 0 Å². The van der Waals surface area contributed by atoms with Gasteiger partial charge in [-0.1, -0.05) is 0 Å². The summed E-state index contributed by atoms with van der Waals surface area (Å²) in [4.78, 5) is 41.9. The molecule has 2 aromatic heterocycles. The molecule has 0 radical (unpaired) electrons. The zero-order chi connectivity index (χ0) is 22.2. The molecular weight excluding hydrogens is 400 g/mol. The molecule has 1 aliphatic heterocycles. The van der Waals surface area contributed by atoms with E-state index < -0.39 is 0 Å². The Bertz CT molecular complexity index is 907. The van der Waals surface area contributed by atoms with Crippen molar-refractivity contribution in [2.45, 2.75) is 32.2 Å². The lowest BCUT2D eigenvalue weighted by molar-refractivity contribution is 0.122. The van der Waals surface area contributed by atoms with Gasteiger partial charge in [0.2, 0.25) is 11.9 Å². The van der Waals surface area contributed by atoms with Crippen LogP contribution in [0, 0.1) is 0 Å². The van der Waals surface area contributed by atoms with Crippen molar-refractivity contribution >= 4 is 17.9 Å². The number of nitrogens with two attached hydrogens (primary N) is 1. The minimum absolute atomic E-state index is 0.0669. The lowest BCUT2D eigenvalue weighted by atomic mass is 9.92. The Morgan fingerprint density at radius 3 is 2.55 bits per heavy atom. The number of nitrogen functional groups attached to an aromatic ring is 1. The van der Waals surface area contributed by atoms with E-state index in [0.29, 0.717) is 49.6 Å². The summed E-state index contributed by atoms with van der Waals surface area (Å²) in [6, 6.07) is 2.00. The molecule has 2 fully saturated rings. The molecule has 2 aliphatic rings. The number of amides is 2. The molecule has 11 nitrogen and oxygen atoms in total. The third kappa shape index (κ3) is 5.91. The number of hydrogen-bond acceptors (Lipinski definition) is 8. The Balaban J connectivity index is 0.000000210. The number of aromatic nitrogens is 4. The fourth-order valence-corrected chi connectivity index (χ4v) is 3.40. The van der Waals surface area contributed by atoms with E-state index in [0.717, 1.165) is 6.54 Å². The number of nitrogens with zero attached hydrogens (tertiary/aromatic N) is 5. The molecule has 4 rings (SSSR count). The van der Waals surface area contributed by atoms with Crippen molar-refractivity contribution < 1.29 is 9.53 Å². The minimum atomic E-state index is -0.215. The number of carbonyl (C=O) groups is 1. The molecule has 0 aromatic carbocycles. The number of carbonyl (C=O) groups excluding carboxylic acids is 1. The van der Waals surface area contributed by atoms with Gasteiger partial charge in [-0.3, -0.25) is 9.78 Å². The third-order valence-corrected chi connectivity index (χ3v) is 5.34. The average molecular weight is 431 g/mol. The van der Waals surface area contributed by atoms with Crippen LogP contribution in [0.5, 0.6) is 0 Å². The van der Waals surface area contributed by atoms with E-state index in [1.807, 2.05) is 16.7 Å².